The first-order chi connectivity index (χ1) is 17.1. The number of nitrogens with zero attached hydrogens (tertiary/aromatic N) is 4. The number of halogens is 2. The van der Waals surface area contributed by atoms with Gasteiger partial charge in [0.05, 0.1) is 17.7 Å². The Morgan fingerprint density at radius 1 is 1.17 bits per heavy atom. The summed E-state index contributed by atoms with van der Waals surface area (Å²) in [6.07, 6.45) is 3.11. The van der Waals surface area contributed by atoms with Crippen LogP contribution in [0.25, 0.3) is 0 Å². The highest BCUT2D eigenvalue weighted by Gasteiger charge is 2.42. The Hall–Kier alpha value is -2.65. The Morgan fingerprint density at radius 2 is 1.89 bits per heavy atom. The number of aromatic nitrogens is 2. The van der Waals surface area contributed by atoms with Crippen molar-refractivity contribution in [2.24, 2.45) is 0 Å². The lowest BCUT2D eigenvalue weighted by Gasteiger charge is -2.39. The summed E-state index contributed by atoms with van der Waals surface area (Å²) < 4.78 is 29.7. The van der Waals surface area contributed by atoms with Crippen LogP contribution in [0, 0.1) is 18.6 Å². The third kappa shape index (κ3) is 4.36. The normalized spacial score (nSPS) is 26.2. The molecule has 3 aliphatic rings. The quantitative estimate of drug-likeness (QED) is 0.670. The summed E-state index contributed by atoms with van der Waals surface area (Å²) in [5, 5.41) is 13.8. The molecule has 0 spiro atoms. The van der Waals surface area contributed by atoms with Gasteiger partial charge in [0.2, 0.25) is 5.91 Å². The number of rotatable bonds is 4. The number of hydrogen-bond donors (Lipinski definition) is 2. The van der Waals surface area contributed by atoms with Gasteiger partial charge in [0.15, 0.2) is 11.6 Å². The average molecular weight is 500 g/mol. The molecule has 0 bridgehead atoms. The number of aliphatic hydroxyl groups is 1. The number of aryl methyl sites for hydroxylation is 1. The summed E-state index contributed by atoms with van der Waals surface area (Å²) in [5.74, 6) is -1.82. The number of carbonyl (C=O) groups excluding carboxylic acids is 1. The van der Waals surface area contributed by atoms with Crippen LogP contribution in [0.3, 0.4) is 0 Å². The molecule has 194 valence electrons. The first-order valence-corrected chi connectivity index (χ1v) is 12.9. The zero-order chi connectivity index (χ0) is 25.8. The van der Waals surface area contributed by atoms with E-state index in [-0.39, 0.29) is 34.5 Å². The number of nitrogens with one attached hydrogen (secondary N) is 1. The number of carbonyl (C=O) groups is 1. The van der Waals surface area contributed by atoms with E-state index in [9.17, 15) is 14.3 Å². The number of anilines is 1. The molecule has 2 aromatic rings. The van der Waals surface area contributed by atoms with Gasteiger partial charge in [0.25, 0.3) is 0 Å². The van der Waals surface area contributed by atoms with E-state index in [0.29, 0.717) is 44.7 Å². The molecule has 2 fully saturated rings. The van der Waals surface area contributed by atoms with Gasteiger partial charge in [-0.2, -0.15) is 0 Å². The van der Waals surface area contributed by atoms with Crippen LogP contribution < -0.4 is 10.2 Å². The fourth-order valence-corrected chi connectivity index (χ4v) is 6.13. The largest absolute Gasteiger partial charge is 0.387 e. The number of piperazine rings is 1. The number of fused-ring (bicyclic) bond motifs is 1. The highest BCUT2D eigenvalue weighted by Crippen LogP contribution is 2.43. The Bertz CT molecular complexity index is 1170. The maximum absolute atomic E-state index is 15.1. The van der Waals surface area contributed by atoms with E-state index in [4.69, 9.17) is 0 Å². The zero-order valence-electron chi connectivity index (χ0n) is 21.4. The summed E-state index contributed by atoms with van der Waals surface area (Å²) in [7, 11) is 0. The van der Waals surface area contributed by atoms with Crippen molar-refractivity contribution >= 4 is 11.7 Å². The summed E-state index contributed by atoms with van der Waals surface area (Å²) >= 11 is 0. The predicted octanol–water partition coefficient (Wildman–Crippen LogP) is 3.57. The third-order valence-corrected chi connectivity index (χ3v) is 8.14. The number of hydrogen-bond acceptors (Lipinski definition) is 6. The molecule has 9 heteroatoms. The highest BCUT2D eigenvalue weighted by molar-refractivity contribution is 5.85. The minimum absolute atomic E-state index is 0.122. The lowest BCUT2D eigenvalue weighted by Crippen LogP contribution is -2.53. The first kappa shape index (κ1) is 25.0. The number of aliphatic hydroxyl groups excluding tert-OH is 1. The fraction of sp³-hybridized carbons (Fsp3) is 0.593. The topological polar surface area (TPSA) is 81.6 Å². The van der Waals surface area contributed by atoms with Crippen molar-refractivity contribution in [3.05, 3.63) is 52.5 Å². The molecule has 0 radical (unpaired) electrons. The second-order valence-electron chi connectivity index (χ2n) is 11.2. The zero-order valence-corrected chi connectivity index (χ0v) is 21.4. The van der Waals surface area contributed by atoms with Crippen molar-refractivity contribution in [2.75, 3.05) is 31.1 Å². The van der Waals surface area contributed by atoms with Crippen molar-refractivity contribution in [2.45, 2.75) is 76.5 Å². The van der Waals surface area contributed by atoms with E-state index in [1.54, 1.807) is 17.0 Å². The van der Waals surface area contributed by atoms with Gasteiger partial charge in [-0.05, 0) is 51.5 Å². The van der Waals surface area contributed by atoms with Crippen LogP contribution in [0.5, 0.6) is 0 Å². The standard InChI is InChI=1S/C27H35F2N5O2/c1-15-5-6-17(23(29)22(15)28)21(18-7-8-27(3,4)32-18)26(36)34-11-9-33(10-12-34)25-20-16(2)13-19(35)24(20)30-14-31-25/h5-6,14,16,18-19,21,32,35H,7-13H2,1-4H3/t16-,18+,19-,21+/m1/s1. The molecular weight excluding hydrogens is 464 g/mol. The summed E-state index contributed by atoms with van der Waals surface area (Å²) in [6.45, 7) is 9.78. The number of amides is 1. The first-order valence-electron chi connectivity index (χ1n) is 12.9. The van der Waals surface area contributed by atoms with E-state index < -0.39 is 23.7 Å². The van der Waals surface area contributed by atoms with Gasteiger partial charge in [-0.1, -0.05) is 19.1 Å². The lowest BCUT2D eigenvalue weighted by molar-refractivity contribution is -0.133. The van der Waals surface area contributed by atoms with Crippen molar-refractivity contribution in [3.63, 3.8) is 0 Å². The molecule has 2 aliphatic heterocycles. The fourth-order valence-electron chi connectivity index (χ4n) is 6.13. The van der Waals surface area contributed by atoms with Gasteiger partial charge in [0.1, 0.15) is 12.1 Å². The molecule has 1 aromatic carbocycles. The second kappa shape index (κ2) is 9.34. The SMILES string of the molecule is Cc1ccc([C@H](C(=O)N2CCN(c3ncnc4c3[C@H](C)C[C@H]4O)CC2)[C@@H]2CCC(C)(C)N2)c(F)c1F. The Kier molecular flexibility index (Phi) is 6.49. The van der Waals surface area contributed by atoms with E-state index in [1.165, 1.54) is 13.3 Å². The molecule has 4 atom stereocenters. The molecule has 1 amide bonds. The van der Waals surface area contributed by atoms with Gasteiger partial charge < -0.3 is 20.2 Å². The summed E-state index contributed by atoms with van der Waals surface area (Å²) in [4.78, 5) is 26.6. The van der Waals surface area contributed by atoms with Crippen LogP contribution in [-0.2, 0) is 4.79 Å². The molecule has 5 rings (SSSR count). The smallest absolute Gasteiger partial charge is 0.231 e. The van der Waals surface area contributed by atoms with Crippen LogP contribution in [0.2, 0.25) is 0 Å². The minimum atomic E-state index is -0.928. The van der Waals surface area contributed by atoms with Crippen molar-refractivity contribution in [1.82, 2.24) is 20.2 Å². The maximum atomic E-state index is 15.1. The van der Waals surface area contributed by atoms with Gasteiger partial charge in [0, 0.05) is 48.9 Å². The van der Waals surface area contributed by atoms with Crippen molar-refractivity contribution < 1.29 is 18.7 Å². The molecule has 2 saturated heterocycles. The molecular formula is C27H35F2N5O2. The predicted molar refractivity (Wildman–Crippen MR) is 133 cm³/mol. The van der Waals surface area contributed by atoms with Crippen molar-refractivity contribution in [1.29, 1.82) is 0 Å². The third-order valence-electron chi connectivity index (χ3n) is 8.14. The molecule has 0 unspecified atom stereocenters. The molecule has 3 heterocycles. The molecule has 7 nitrogen and oxygen atoms in total. The molecule has 1 aliphatic carbocycles. The highest BCUT2D eigenvalue weighted by atomic mass is 19.2. The molecule has 36 heavy (non-hydrogen) atoms. The van der Waals surface area contributed by atoms with Crippen LogP contribution in [0.15, 0.2) is 18.5 Å². The van der Waals surface area contributed by atoms with Gasteiger partial charge in [-0.3, -0.25) is 4.79 Å². The summed E-state index contributed by atoms with van der Waals surface area (Å²) in [6, 6.07) is 2.85. The summed E-state index contributed by atoms with van der Waals surface area (Å²) in [5.41, 5.74) is 1.86. The Labute approximate surface area is 210 Å². The minimum Gasteiger partial charge on any atom is -0.387 e. The van der Waals surface area contributed by atoms with Crippen LogP contribution >= 0.6 is 0 Å². The molecule has 0 saturated carbocycles. The molecule has 1 aromatic heterocycles. The van der Waals surface area contributed by atoms with Gasteiger partial charge >= 0.3 is 0 Å². The Morgan fingerprint density at radius 3 is 2.56 bits per heavy atom. The van der Waals surface area contributed by atoms with Crippen molar-refractivity contribution in [3.8, 4) is 0 Å². The maximum Gasteiger partial charge on any atom is 0.231 e. The number of benzene rings is 1. The second-order valence-corrected chi connectivity index (χ2v) is 11.2. The van der Waals surface area contributed by atoms with Gasteiger partial charge in [-0.15, -0.1) is 0 Å². The van der Waals surface area contributed by atoms with E-state index >= 15 is 4.39 Å². The van der Waals surface area contributed by atoms with Crippen LogP contribution in [0.1, 0.15) is 80.4 Å². The van der Waals surface area contributed by atoms with Crippen LogP contribution in [-0.4, -0.2) is 63.6 Å². The molecule has 2 N–H and O–H groups in total. The van der Waals surface area contributed by atoms with E-state index in [0.717, 1.165) is 17.8 Å². The van der Waals surface area contributed by atoms with Gasteiger partial charge in [-0.25, -0.2) is 18.7 Å². The Balaban J connectivity index is 1.38. The van der Waals surface area contributed by atoms with E-state index in [2.05, 4.69) is 41.0 Å². The van der Waals surface area contributed by atoms with Crippen LogP contribution in [0.4, 0.5) is 14.6 Å². The van der Waals surface area contributed by atoms with E-state index in [1.807, 2.05) is 0 Å². The monoisotopic (exact) mass is 499 g/mol. The lowest BCUT2D eigenvalue weighted by atomic mass is 9.87. The average Bonchev–Trinajstić information content (AvgIpc) is 3.36.